The molecule has 0 unspecified atom stereocenters. The lowest BCUT2D eigenvalue weighted by Crippen LogP contribution is -2.16. The molecule has 0 radical (unpaired) electrons. The second-order valence-corrected chi connectivity index (χ2v) is 2.30. The van der Waals surface area contributed by atoms with Crippen molar-refractivity contribution in [2.24, 2.45) is 0 Å². The van der Waals surface area contributed by atoms with Crippen molar-refractivity contribution in [3.05, 3.63) is 22.9 Å². The highest BCUT2D eigenvalue weighted by Crippen LogP contribution is 1.85. The summed E-state index contributed by atoms with van der Waals surface area (Å²) in [6.07, 6.45) is 4.24. The average Bonchev–Trinajstić information content (AvgIpc) is 2.37. The topological polar surface area (TPSA) is 47.0 Å². The number of aromatic nitrogens is 2. The maximum Gasteiger partial charge on any atom is 0.325 e. The number of hydrogen-bond acceptors (Lipinski definition) is 2. The van der Waals surface area contributed by atoms with Gasteiger partial charge in [0.15, 0.2) is 0 Å². The number of aryl methyl sites for hydroxylation is 1. The van der Waals surface area contributed by atoms with Crippen LogP contribution >= 0.6 is 0 Å². The molecule has 0 fully saturated rings. The van der Waals surface area contributed by atoms with Gasteiger partial charge in [-0.25, -0.2) is 4.79 Å². The molecule has 0 aromatic carbocycles. The fourth-order valence-corrected chi connectivity index (χ4v) is 0.904. The van der Waals surface area contributed by atoms with Crippen molar-refractivity contribution >= 4 is 0 Å². The highest BCUT2D eigenvalue weighted by molar-refractivity contribution is 4.75. The van der Waals surface area contributed by atoms with Crippen LogP contribution in [0.25, 0.3) is 0 Å². The van der Waals surface area contributed by atoms with Gasteiger partial charge in [-0.05, 0) is 6.42 Å². The van der Waals surface area contributed by atoms with Crippen molar-refractivity contribution in [1.82, 2.24) is 9.55 Å². The maximum atomic E-state index is 10.9. The van der Waals surface area contributed by atoms with Crippen LogP contribution in [-0.2, 0) is 11.3 Å². The number of nitrogens with one attached hydrogen (secondary N) is 1. The molecule has 1 aromatic heterocycles. The summed E-state index contributed by atoms with van der Waals surface area (Å²) >= 11 is 0. The van der Waals surface area contributed by atoms with Crippen LogP contribution in [0.4, 0.5) is 0 Å². The van der Waals surface area contributed by atoms with E-state index in [0.29, 0.717) is 6.61 Å². The Balaban J connectivity index is 2.39. The Labute approximate surface area is 64.8 Å². The first kappa shape index (κ1) is 8.07. The molecule has 1 N–H and O–H groups in total. The molecule has 1 aromatic rings. The van der Waals surface area contributed by atoms with Gasteiger partial charge < -0.3 is 9.72 Å². The zero-order valence-corrected chi connectivity index (χ0v) is 6.54. The van der Waals surface area contributed by atoms with Crippen molar-refractivity contribution in [3.63, 3.8) is 0 Å². The minimum absolute atomic E-state index is 0.0545. The van der Waals surface area contributed by atoms with Crippen molar-refractivity contribution in [2.75, 3.05) is 13.7 Å². The summed E-state index contributed by atoms with van der Waals surface area (Å²) in [7, 11) is 1.65. The molecule has 0 spiro atoms. The summed E-state index contributed by atoms with van der Waals surface area (Å²) in [5, 5.41) is 0. The molecule has 0 saturated carbocycles. The highest BCUT2D eigenvalue weighted by Gasteiger charge is 1.93. The molecule has 1 heterocycles. The van der Waals surface area contributed by atoms with Crippen LogP contribution in [0.1, 0.15) is 6.42 Å². The van der Waals surface area contributed by atoms with Crippen molar-refractivity contribution in [3.8, 4) is 0 Å². The molecule has 4 heteroatoms. The third-order valence-electron chi connectivity index (χ3n) is 1.47. The van der Waals surface area contributed by atoms with E-state index >= 15 is 0 Å². The van der Waals surface area contributed by atoms with E-state index in [0.717, 1.165) is 13.0 Å². The van der Waals surface area contributed by atoms with E-state index < -0.39 is 0 Å². The molecule has 4 nitrogen and oxygen atoms in total. The standard InChI is InChI=1S/C7H12N2O2/c1-11-6-2-4-9-5-3-8-7(9)10/h3,5H,2,4,6H2,1H3,(H,8,10). The summed E-state index contributed by atoms with van der Waals surface area (Å²) in [5.41, 5.74) is -0.0545. The van der Waals surface area contributed by atoms with E-state index in [1.54, 1.807) is 24.1 Å². The minimum Gasteiger partial charge on any atom is -0.385 e. The maximum absolute atomic E-state index is 10.9. The Bertz CT molecular complexity index is 251. The van der Waals surface area contributed by atoms with E-state index in [-0.39, 0.29) is 5.69 Å². The molecule has 1 rings (SSSR count). The largest absolute Gasteiger partial charge is 0.385 e. The second-order valence-electron chi connectivity index (χ2n) is 2.30. The number of rotatable bonds is 4. The first-order valence-electron chi connectivity index (χ1n) is 3.57. The number of nitrogens with zero attached hydrogens (tertiary/aromatic N) is 1. The number of methoxy groups -OCH3 is 1. The van der Waals surface area contributed by atoms with Crippen LogP contribution in [0.5, 0.6) is 0 Å². The average molecular weight is 156 g/mol. The van der Waals surface area contributed by atoms with Crippen LogP contribution in [0.15, 0.2) is 17.2 Å². The molecule has 0 aliphatic carbocycles. The van der Waals surface area contributed by atoms with E-state index in [2.05, 4.69) is 4.98 Å². The Morgan fingerprint density at radius 3 is 3.09 bits per heavy atom. The Morgan fingerprint density at radius 1 is 1.73 bits per heavy atom. The predicted molar refractivity (Wildman–Crippen MR) is 41.5 cm³/mol. The Hall–Kier alpha value is -1.03. The number of aromatic amines is 1. The molecule has 0 atom stereocenters. The lowest BCUT2D eigenvalue weighted by molar-refractivity contribution is 0.190. The molecule has 62 valence electrons. The van der Waals surface area contributed by atoms with E-state index in [1.165, 1.54) is 0 Å². The molecule has 0 bridgehead atoms. The Kier molecular flexibility index (Phi) is 2.92. The predicted octanol–water partition coefficient (Wildman–Crippen LogP) is 0.213. The smallest absolute Gasteiger partial charge is 0.325 e. The molecule has 0 aliphatic rings. The van der Waals surface area contributed by atoms with Crippen LogP contribution in [-0.4, -0.2) is 23.3 Å². The van der Waals surface area contributed by atoms with Crippen molar-refractivity contribution in [1.29, 1.82) is 0 Å². The van der Waals surface area contributed by atoms with Gasteiger partial charge in [-0.2, -0.15) is 0 Å². The van der Waals surface area contributed by atoms with Gasteiger partial charge in [0.1, 0.15) is 0 Å². The third kappa shape index (κ3) is 2.23. The lowest BCUT2D eigenvalue weighted by atomic mass is 10.4. The van der Waals surface area contributed by atoms with Crippen molar-refractivity contribution in [2.45, 2.75) is 13.0 Å². The van der Waals surface area contributed by atoms with Crippen molar-refractivity contribution < 1.29 is 4.74 Å². The molecular formula is C7H12N2O2. The van der Waals surface area contributed by atoms with Gasteiger partial charge in [-0.1, -0.05) is 0 Å². The van der Waals surface area contributed by atoms with Gasteiger partial charge in [-0.3, -0.25) is 4.57 Å². The summed E-state index contributed by atoms with van der Waals surface area (Å²) in [4.78, 5) is 13.4. The zero-order chi connectivity index (χ0) is 8.10. The van der Waals surface area contributed by atoms with E-state index in [4.69, 9.17) is 4.74 Å². The monoisotopic (exact) mass is 156 g/mol. The second kappa shape index (κ2) is 3.98. The first-order chi connectivity index (χ1) is 5.34. The van der Waals surface area contributed by atoms with Gasteiger partial charge >= 0.3 is 5.69 Å². The van der Waals surface area contributed by atoms with Gasteiger partial charge in [0.25, 0.3) is 0 Å². The van der Waals surface area contributed by atoms with Gasteiger partial charge in [0, 0.05) is 32.7 Å². The van der Waals surface area contributed by atoms with Crippen LogP contribution in [0.3, 0.4) is 0 Å². The van der Waals surface area contributed by atoms with Crippen LogP contribution in [0, 0.1) is 0 Å². The van der Waals surface area contributed by atoms with E-state index in [1.807, 2.05) is 0 Å². The van der Waals surface area contributed by atoms with Gasteiger partial charge in [0.2, 0.25) is 0 Å². The summed E-state index contributed by atoms with van der Waals surface area (Å²) in [6.45, 7) is 1.41. The molecule has 0 saturated heterocycles. The van der Waals surface area contributed by atoms with Gasteiger partial charge in [0.05, 0.1) is 0 Å². The number of H-pyrrole nitrogens is 1. The quantitative estimate of drug-likeness (QED) is 0.633. The van der Waals surface area contributed by atoms with Crippen LogP contribution in [0.2, 0.25) is 0 Å². The molecule has 0 amide bonds. The molecular weight excluding hydrogens is 144 g/mol. The number of imidazole rings is 1. The third-order valence-corrected chi connectivity index (χ3v) is 1.47. The SMILES string of the molecule is COCCCn1cc[nH]c1=O. The lowest BCUT2D eigenvalue weighted by Gasteiger charge is -1.98. The minimum atomic E-state index is -0.0545. The fraction of sp³-hybridized carbons (Fsp3) is 0.571. The fourth-order valence-electron chi connectivity index (χ4n) is 0.904. The highest BCUT2D eigenvalue weighted by atomic mass is 16.5. The van der Waals surface area contributed by atoms with Gasteiger partial charge in [-0.15, -0.1) is 0 Å². The number of ether oxygens (including phenoxy) is 1. The number of hydrogen-bond donors (Lipinski definition) is 1. The summed E-state index contributed by atoms with van der Waals surface area (Å²) in [5.74, 6) is 0. The zero-order valence-electron chi connectivity index (χ0n) is 6.54. The first-order valence-corrected chi connectivity index (χ1v) is 3.57. The summed E-state index contributed by atoms with van der Waals surface area (Å²) < 4.78 is 6.48. The molecule has 11 heavy (non-hydrogen) atoms. The summed E-state index contributed by atoms with van der Waals surface area (Å²) in [6, 6.07) is 0. The Morgan fingerprint density at radius 2 is 2.55 bits per heavy atom. The molecule has 0 aliphatic heterocycles. The van der Waals surface area contributed by atoms with Crippen LogP contribution < -0.4 is 5.69 Å². The normalized spacial score (nSPS) is 10.3. The van der Waals surface area contributed by atoms with E-state index in [9.17, 15) is 4.79 Å².